The van der Waals surface area contributed by atoms with Gasteiger partial charge in [0.05, 0.1) is 5.75 Å². The van der Waals surface area contributed by atoms with Gasteiger partial charge in [0, 0.05) is 42.7 Å². The van der Waals surface area contributed by atoms with Crippen LogP contribution in [0.1, 0.15) is 44.6 Å². The van der Waals surface area contributed by atoms with Crippen molar-refractivity contribution in [3.8, 4) is 0 Å². The quantitative estimate of drug-likeness (QED) is 0.330. The highest BCUT2D eigenvalue weighted by Crippen LogP contribution is 2.41. The molecule has 0 aromatic heterocycles. The fourth-order valence-electron chi connectivity index (χ4n) is 3.58. The van der Waals surface area contributed by atoms with Crippen LogP contribution in [-0.4, -0.2) is 56.2 Å². The molecule has 158 valence electrons. The van der Waals surface area contributed by atoms with E-state index in [0.717, 1.165) is 30.2 Å². The first-order valence-electron chi connectivity index (χ1n) is 9.73. The number of nitrogens with zero attached hydrogens (tertiary/aromatic N) is 2. The molecule has 9 heteroatoms. The summed E-state index contributed by atoms with van der Waals surface area (Å²) >= 11 is 6.10. The molecule has 2 fully saturated rings. The Hall–Kier alpha value is -0.580. The van der Waals surface area contributed by atoms with Crippen LogP contribution in [-0.2, 0) is 10.0 Å². The van der Waals surface area contributed by atoms with E-state index >= 15 is 0 Å². The van der Waals surface area contributed by atoms with E-state index in [1.807, 2.05) is 25.1 Å². The van der Waals surface area contributed by atoms with Crippen molar-refractivity contribution in [3.63, 3.8) is 0 Å². The SMILES string of the molecule is CCN=C(NC1CCN(S(=O)(=O)CC)CC1)NC1CC1c1cccc(Cl)c1.I. The maximum absolute atomic E-state index is 12.0. The summed E-state index contributed by atoms with van der Waals surface area (Å²) in [6, 6.07) is 8.64. The van der Waals surface area contributed by atoms with Crippen LogP contribution in [0.2, 0.25) is 5.02 Å². The number of hydrogen-bond donors (Lipinski definition) is 2. The maximum atomic E-state index is 12.0. The number of rotatable bonds is 6. The van der Waals surface area contributed by atoms with Crippen LogP contribution in [0.4, 0.5) is 0 Å². The van der Waals surface area contributed by atoms with Gasteiger partial charge in [0.2, 0.25) is 10.0 Å². The Labute approximate surface area is 190 Å². The number of guanidine groups is 1. The molecule has 1 aliphatic heterocycles. The van der Waals surface area contributed by atoms with E-state index in [1.54, 1.807) is 11.2 Å². The van der Waals surface area contributed by atoms with E-state index in [2.05, 4.69) is 21.7 Å². The molecule has 1 saturated heterocycles. The topological polar surface area (TPSA) is 73.8 Å². The summed E-state index contributed by atoms with van der Waals surface area (Å²) in [5, 5.41) is 7.79. The number of piperidine rings is 1. The molecular formula is C19H30ClIN4O2S. The number of sulfonamides is 1. The Kier molecular flexibility index (Phi) is 8.84. The Balaban J connectivity index is 0.00000280. The second kappa shape index (κ2) is 10.4. The lowest BCUT2D eigenvalue weighted by atomic mass is 10.1. The van der Waals surface area contributed by atoms with Gasteiger partial charge in [0.15, 0.2) is 5.96 Å². The summed E-state index contributed by atoms with van der Waals surface area (Å²) in [5.74, 6) is 1.45. The summed E-state index contributed by atoms with van der Waals surface area (Å²) < 4.78 is 25.6. The molecule has 2 aliphatic rings. The second-order valence-electron chi connectivity index (χ2n) is 7.19. The normalized spacial score (nSPS) is 23.8. The van der Waals surface area contributed by atoms with Crippen LogP contribution in [0.3, 0.4) is 0 Å². The monoisotopic (exact) mass is 540 g/mol. The van der Waals surface area contributed by atoms with Crippen molar-refractivity contribution >= 4 is 51.6 Å². The fraction of sp³-hybridized carbons (Fsp3) is 0.632. The number of nitrogens with one attached hydrogen (secondary N) is 2. The summed E-state index contributed by atoms with van der Waals surface area (Å²) in [7, 11) is -3.08. The van der Waals surface area contributed by atoms with Crippen LogP contribution in [0.15, 0.2) is 29.3 Å². The molecule has 2 N–H and O–H groups in total. The molecular weight excluding hydrogens is 511 g/mol. The van der Waals surface area contributed by atoms with Crippen molar-refractivity contribution in [2.24, 2.45) is 4.99 Å². The van der Waals surface area contributed by atoms with Gasteiger partial charge in [-0.1, -0.05) is 23.7 Å². The molecule has 2 atom stereocenters. The number of halogens is 2. The molecule has 1 saturated carbocycles. The van der Waals surface area contributed by atoms with Crippen molar-refractivity contribution in [3.05, 3.63) is 34.9 Å². The van der Waals surface area contributed by atoms with Crippen molar-refractivity contribution in [2.45, 2.75) is 51.1 Å². The summed E-state index contributed by atoms with van der Waals surface area (Å²) in [6.45, 7) is 5.55. The number of hydrogen-bond acceptors (Lipinski definition) is 3. The zero-order valence-electron chi connectivity index (χ0n) is 16.4. The van der Waals surface area contributed by atoms with E-state index in [9.17, 15) is 8.42 Å². The van der Waals surface area contributed by atoms with Crippen molar-refractivity contribution in [2.75, 3.05) is 25.4 Å². The fourth-order valence-corrected chi connectivity index (χ4v) is 4.91. The highest BCUT2D eigenvalue weighted by molar-refractivity contribution is 14.0. The molecule has 1 aromatic carbocycles. The van der Waals surface area contributed by atoms with Gasteiger partial charge in [0.1, 0.15) is 0 Å². The van der Waals surface area contributed by atoms with Crippen molar-refractivity contribution < 1.29 is 8.42 Å². The third-order valence-electron chi connectivity index (χ3n) is 5.26. The highest BCUT2D eigenvalue weighted by atomic mass is 127. The van der Waals surface area contributed by atoms with Gasteiger partial charge in [-0.15, -0.1) is 24.0 Å². The average Bonchev–Trinajstić information content (AvgIpc) is 3.41. The highest BCUT2D eigenvalue weighted by Gasteiger charge is 2.39. The van der Waals surface area contributed by atoms with E-state index in [4.69, 9.17) is 11.6 Å². The average molecular weight is 541 g/mol. The molecule has 0 amide bonds. The largest absolute Gasteiger partial charge is 0.354 e. The van der Waals surface area contributed by atoms with Gasteiger partial charge in [-0.3, -0.25) is 4.99 Å². The lowest BCUT2D eigenvalue weighted by molar-refractivity contribution is 0.306. The first-order valence-corrected chi connectivity index (χ1v) is 11.7. The standard InChI is InChI=1S/C19H29ClN4O2S.HI/c1-3-21-19(22-16-8-10-24(11-9-16)27(25,26)4-2)23-18-13-17(18)14-6-5-7-15(20)12-14;/h5-7,12,16-18H,3-4,8-11,13H2,1-2H3,(H2,21,22,23);1H. The smallest absolute Gasteiger partial charge is 0.213 e. The van der Waals surface area contributed by atoms with E-state index in [0.29, 0.717) is 31.6 Å². The molecule has 0 spiro atoms. The first-order chi connectivity index (χ1) is 12.9. The van der Waals surface area contributed by atoms with Gasteiger partial charge in [-0.05, 0) is 50.8 Å². The Morgan fingerprint density at radius 3 is 2.57 bits per heavy atom. The molecule has 1 aliphatic carbocycles. The van der Waals surface area contributed by atoms with Gasteiger partial charge < -0.3 is 10.6 Å². The minimum absolute atomic E-state index is 0. The van der Waals surface area contributed by atoms with E-state index in [1.165, 1.54) is 5.56 Å². The Morgan fingerprint density at radius 1 is 1.25 bits per heavy atom. The van der Waals surface area contributed by atoms with Crippen LogP contribution in [0.25, 0.3) is 0 Å². The second-order valence-corrected chi connectivity index (χ2v) is 9.88. The summed E-state index contributed by atoms with van der Waals surface area (Å²) in [4.78, 5) is 4.56. The van der Waals surface area contributed by atoms with Gasteiger partial charge in [0.25, 0.3) is 0 Å². The van der Waals surface area contributed by atoms with Crippen LogP contribution >= 0.6 is 35.6 Å². The number of aliphatic imine (C=N–C) groups is 1. The summed E-state index contributed by atoms with van der Waals surface area (Å²) in [5.41, 5.74) is 1.26. The summed E-state index contributed by atoms with van der Waals surface area (Å²) in [6.07, 6.45) is 2.66. The molecule has 0 radical (unpaired) electrons. The van der Waals surface area contributed by atoms with Crippen LogP contribution in [0.5, 0.6) is 0 Å². The lowest BCUT2D eigenvalue weighted by Crippen LogP contribution is -2.50. The van der Waals surface area contributed by atoms with E-state index < -0.39 is 10.0 Å². The van der Waals surface area contributed by atoms with Gasteiger partial charge in [-0.25, -0.2) is 12.7 Å². The predicted octanol–water partition coefficient (Wildman–Crippen LogP) is 3.18. The predicted molar refractivity (Wildman–Crippen MR) is 126 cm³/mol. The van der Waals surface area contributed by atoms with Gasteiger partial charge >= 0.3 is 0 Å². The zero-order chi connectivity index (χ0) is 19.4. The molecule has 1 aromatic rings. The zero-order valence-corrected chi connectivity index (χ0v) is 20.3. The third kappa shape index (κ3) is 6.21. The first kappa shape index (κ1) is 23.7. The molecule has 28 heavy (non-hydrogen) atoms. The molecule has 2 unspecified atom stereocenters. The molecule has 3 rings (SSSR count). The van der Waals surface area contributed by atoms with E-state index in [-0.39, 0.29) is 35.8 Å². The lowest BCUT2D eigenvalue weighted by Gasteiger charge is -2.32. The third-order valence-corrected chi connectivity index (χ3v) is 7.38. The Morgan fingerprint density at radius 2 is 1.96 bits per heavy atom. The minimum Gasteiger partial charge on any atom is -0.354 e. The molecule has 6 nitrogen and oxygen atoms in total. The van der Waals surface area contributed by atoms with Gasteiger partial charge in [-0.2, -0.15) is 0 Å². The van der Waals surface area contributed by atoms with Crippen molar-refractivity contribution in [1.82, 2.24) is 14.9 Å². The number of benzene rings is 1. The van der Waals surface area contributed by atoms with Crippen molar-refractivity contribution in [1.29, 1.82) is 0 Å². The van der Waals surface area contributed by atoms with Crippen LogP contribution < -0.4 is 10.6 Å². The minimum atomic E-state index is -3.08. The molecule has 1 heterocycles. The Bertz CT molecular complexity index is 782. The van der Waals surface area contributed by atoms with Crippen LogP contribution in [0, 0.1) is 0 Å². The molecule has 0 bridgehead atoms. The maximum Gasteiger partial charge on any atom is 0.213 e.